The Hall–Kier alpha value is -1.82. The Morgan fingerprint density at radius 1 is 1.22 bits per heavy atom. The van der Waals surface area contributed by atoms with Gasteiger partial charge in [0.2, 0.25) is 0 Å². The first-order valence-electron chi connectivity index (χ1n) is 9.58. The Bertz CT molecular complexity index is 895. The summed E-state index contributed by atoms with van der Waals surface area (Å²) < 4.78 is 7.84. The van der Waals surface area contributed by atoms with Crippen LogP contribution in [-0.4, -0.2) is 52.3 Å². The highest BCUT2D eigenvalue weighted by atomic mass is 35.5. The Labute approximate surface area is 167 Å². The van der Waals surface area contributed by atoms with Gasteiger partial charge in [-0.1, -0.05) is 18.6 Å². The van der Waals surface area contributed by atoms with Crippen molar-refractivity contribution in [2.24, 2.45) is 0 Å². The summed E-state index contributed by atoms with van der Waals surface area (Å²) in [4.78, 5) is 10.6. The van der Waals surface area contributed by atoms with Gasteiger partial charge in [0.15, 0.2) is 0 Å². The van der Waals surface area contributed by atoms with Crippen molar-refractivity contribution in [1.82, 2.24) is 19.4 Å². The van der Waals surface area contributed by atoms with Crippen LogP contribution in [0, 0.1) is 13.8 Å². The number of nitrogens with zero attached hydrogens (tertiary/aromatic N) is 3. The number of fused-ring (bicyclic) bond motifs is 1. The summed E-state index contributed by atoms with van der Waals surface area (Å²) in [5.41, 5.74) is 6.14. The van der Waals surface area contributed by atoms with Crippen molar-refractivity contribution in [2.45, 2.75) is 33.2 Å². The predicted molar refractivity (Wildman–Crippen MR) is 113 cm³/mol. The Morgan fingerprint density at radius 2 is 2.00 bits per heavy atom. The SMILES string of the molecule is CCC(CN1CCOCC1)n1cncc1-c1[nH]c2ccc(C)cc2c1C.Cl. The molecule has 5 nitrogen and oxygen atoms in total. The van der Waals surface area contributed by atoms with E-state index in [1.807, 2.05) is 12.5 Å². The van der Waals surface area contributed by atoms with Crippen molar-refractivity contribution < 1.29 is 4.74 Å². The summed E-state index contributed by atoms with van der Waals surface area (Å²) in [6, 6.07) is 7.01. The molecule has 0 radical (unpaired) electrons. The largest absolute Gasteiger partial charge is 0.379 e. The number of ether oxygens (including phenoxy) is 1. The predicted octanol–water partition coefficient (Wildman–Crippen LogP) is 4.35. The molecular formula is C21H29ClN4O. The van der Waals surface area contributed by atoms with Gasteiger partial charge in [-0.25, -0.2) is 4.98 Å². The first-order chi connectivity index (χ1) is 12.7. The van der Waals surface area contributed by atoms with Crippen molar-refractivity contribution in [3.05, 3.63) is 41.9 Å². The molecule has 2 aromatic heterocycles. The highest BCUT2D eigenvalue weighted by molar-refractivity contribution is 5.90. The molecule has 6 heteroatoms. The molecule has 0 bridgehead atoms. The van der Waals surface area contributed by atoms with Gasteiger partial charge in [0.05, 0.1) is 37.1 Å². The van der Waals surface area contributed by atoms with Crippen LogP contribution in [0.4, 0.5) is 0 Å². The van der Waals surface area contributed by atoms with Crippen molar-refractivity contribution in [2.75, 3.05) is 32.8 Å². The maximum absolute atomic E-state index is 5.49. The molecule has 0 spiro atoms. The lowest BCUT2D eigenvalue weighted by molar-refractivity contribution is 0.0313. The zero-order valence-electron chi connectivity index (χ0n) is 16.4. The zero-order chi connectivity index (χ0) is 18.1. The fourth-order valence-corrected chi connectivity index (χ4v) is 3.98. The number of aromatic amines is 1. The summed E-state index contributed by atoms with van der Waals surface area (Å²) in [7, 11) is 0. The molecule has 3 heterocycles. The molecule has 1 aromatic carbocycles. The molecule has 1 aliphatic heterocycles. The van der Waals surface area contributed by atoms with E-state index in [0.29, 0.717) is 6.04 Å². The second-order valence-electron chi connectivity index (χ2n) is 7.34. The van der Waals surface area contributed by atoms with Gasteiger partial charge in [-0.2, -0.15) is 0 Å². The van der Waals surface area contributed by atoms with Crippen LogP contribution in [0.2, 0.25) is 0 Å². The van der Waals surface area contributed by atoms with Gasteiger partial charge in [0, 0.05) is 36.6 Å². The smallest absolute Gasteiger partial charge is 0.0954 e. The van der Waals surface area contributed by atoms with E-state index in [0.717, 1.165) is 39.3 Å². The normalized spacial score (nSPS) is 16.4. The molecule has 1 saturated heterocycles. The van der Waals surface area contributed by atoms with Gasteiger partial charge < -0.3 is 14.3 Å². The lowest BCUT2D eigenvalue weighted by Crippen LogP contribution is -2.39. The highest BCUT2D eigenvalue weighted by Gasteiger charge is 2.21. The van der Waals surface area contributed by atoms with Crippen LogP contribution < -0.4 is 0 Å². The van der Waals surface area contributed by atoms with E-state index < -0.39 is 0 Å². The molecule has 0 saturated carbocycles. The number of hydrogen-bond acceptors (Lipinski definition) is 3. The van der Waals surface area contributed by atoms with E-state index >= 15 is 0 Å². The van der Waals surface area contributed by atoms with Crippen LogP contribution in [0.3, 0.4) is 0 Å². The molecule has 27 heavy (non-hydrogen) atoms. The number of aryl methyl sites for hydroxylation is 2. The van der Waals surface area contributed by atoms with E-state index in [9.17, 15) is 0 Å². The number of halogens is 1. The summed E-state index contributed by atoms with van der Waals surface area (Å²) in [6.45, 7) is 11.4. The molecule has 0 aliphatic carbocycles. The fourth-order valence-electron chi connectivity index (χ4n) is 3.98. The molecular weight excluding hydrogens is 360 g/mol. The van der Waals surface area contributed by atoms with Crippen molar-refractivity contribution >= 4 is 23.3 Å². The Morgan fingerprint density at radius 3 is 2.74 bits per heavy atom. The van der Waals surface area contributed by atoms with E-state index in [1.54, 1.807) is 0 Å². The minimum absolute atomic E-state index is 0. The van der Waals surface area contributed by atoms with Gasteiger partial charge in [0.25, 0.3) is 0 Å². The highest BCUT2D eigenvalue weighted by Crippen LogP contribution is 2.32. The molecule has 1 unspecified atom stereocenters. The van der Waals surface area contributed by atoms with E-state index in [2.05, 4.69) is 58.4 Å². The van der Waals surface area contributed by atoms with Gasteiger partial charge >= 0.3 is 0 Å². The molecule has 3 aromatic rings. The maximum atomic E-state index is 5.49. The molecule has 1 atom stereocenters. The second-order valence-corrected chi connectivity index (χ2v) is 7.34. The number of aromatic nitrogens is 3. The molecule has 146 valence electrons. The fraction of sp³-hybridized carbons (Fsp3) is 0.476. The number of rotatable bonds is 5. The first-order valence-corrected chi connectivity index (χ1v) is 9.58. The van der Waals surface area contributed by atoms with Crippen LogP contribution >= 0.6 is 12.4 Å². The van der Waals surface area contributed by atoms with Crippen LogP contribution in [0.1, 0.15) is 30.5 Å². The third-order valence-corrected chi connectivity index (χ3v) is 5.57. The minimum atomic E-state index is 0. The molecule has 1 N–H and O–H groups in total. The Balaban J connectivity index is 0.00000210. The number of hydrogen-bond donors (Lipinski definition) is 1. The number of benzene rings is 1. The Kier molecular flexibility index (Phi) is 6.25. The molecule has 1 aliphatic rings. The van der Waals surface area contributed by atoms with Crippen LogP contribution in [0.5, 0.6) is 0 Å². The van der Waals surface area contributed by atoms with Gasteiger partial charge in [0.1, 0.15) is 0 Å². The van der Waals surface area contributed by atoms with Gasteiger partial charge in [-0.3, -0.25) is 4.90 Å². The number of H-pyrrole nitrogens is 1. The zero-order valence-corrected chi connectivity index (χ0v) is 17.2. The standard InChI is InChI=1S/C21H28N4O.ClH/c1-4-17(13-24-7-9-26-10-8-24)25-14-22-12-20(25)21-16(3)18-11-15(2)5-6-19(18)23-21;/h5-6,11-12,14,17,23H,4,7-10,13H2,1-3H3;1H. The van der Waals surface area contributed by atoms with Gasteiger partial charge in [-0.15, -0.1) is 12.4 Å². The quantitative estimate of drug-likeness (QED) is 0.706. The molecule has 0 amide bonds. The lowest BCUT2D eigenvalue weighted by Gasteiger charge is -2.31. The first kappa shape index (κ1) is 19.9. The van der Waals surface area contributed by atoms with Crippen LogP contribution in [-0.2, 0) is 4.74 Å². The molecule has 1 fully saturated rings. The summed E-state index contributed by atoms with van der Waals surface area (Å²) >= 11 is 0. The number of nitrogens with one attached hydrogen (secondary N) is 1. The summed E-state index contributed by atoms with van der Waals surface area (Å²) in [5, 5.41) is 1.30. The molecule has 4 rings (SSSR count). The summed E-state index contributed by atoms with van der Waals surface area (Å²) in [5.74, 6) is 0. The number of imidazole rings is 1. The van der Waals surface area contributed by atoms with E-state index in [1.165, 1.54) is 33.4 Å². The third kappa shape index (κ3) is 3.91. The van der Waals surface area contributed by atoms with Crippen LogP contribution in [0.15, 0.2) is 30.7 Å². The van der Waals surface area contributed by atoms with Crippen LogP contribution in [0.25, 0.3) is 22.3 Å². The number of morpholine rings is 1. The topological polar surface area (TPSA) is 46.1 Å². The summed E-state index contributed by atoms with van der Waals surface area (Å²) in [6.07, 6.45) is 5.06. The van der Waals surface area contributed by atoms with E-state index in [4.69, 9.17) is 4.74 Å². The average Bonchev–Trinajstić information content (AvgIpc) is 3.25. The van der Waals surface area contributed by atoms with Crippen molar-refractivity contribution in [3.8, 4) is 11.4 Å². The van der Waals surface area contributed by atoms with Gasteiger partial charge in [-0.05, 0) is 38.0 Å². The lowest BCUT2D eigenvalue weighted by atomic mass is 10.1. The monoisotopic (exact) mass is 388 g/mol. The third-order valence-electron chi connectivity index (χ3n) is 5.57. The minimum Gasteiger partial charge on any atom is -0.379 e. The van der Waals surface area contributed by atoms with Crippen molar-refractivity contribution in [3.63, 3.8) is 0 Å². The van der Waals surface area contributed by atoms with Crippen molar-refractivity contribution in [1.29, 1.82) is 0 Å². The maximum Gasteiger partial charge on any atom is 0.0954 e. The second kappa shape index (κ2) is 8.46. The van der Waals surface area contributed by atoms with E-state index in [-0.39, 0.29) is 12.4 Å². The average molecular weight is 389 g/mol.